The predicted octanol–water partition coefficient (Wildman–Crippen LogP) is 4.10. The van der Waals surface area contributed by atoms with Crippen LogP contribution < -0.4 is 0 Å². The van der Waals surface area contributed by atoms with Crippen molar-refractivity contribution in [2.24, 2.45) is 22.2 Å². The summed E-state index contributed by atoms with van der Waals surface area (Å²) in [5.74, 6) is -0.891. The van der Waals surface area contributed by atoms with Crippen LogP contribution in [0.25, 0.3) is 0 Å². The number of fused-ring (bicyclic) bond motifs is 3. The van der Waals surface area contributed by atoms with E-state index in [0.29, 0.717) is 12.8 Å². The third kappa shape index (κ3) is 2.02. The zero-order valence-electron chi connectivity index (χ0n) is 14.4. The van der Waals surface area contributed by atoms with Gasteiger partial charge < -0.3 is 10.2 Å². The fourth-order valence-corrected chi connectivity index (χ4v) is 5.27. The molecular formula is C20H28O3. The summed E-state index contributed by atoms with van der Waals surface area (Å²) in [6.07, 6.45) is 12.0. The molecule has 0 unspecified atom stereocenters. The minimum atomic E-state index is -0.938. The zero-order chi connectivity index (χ0) is 17.1. The Kier molecular flexibility index (Phi) is 3.46. The Morgan fingerprint density at radius 3 is 2.57 bits per heavy atom. The SMILES string of the molecule is C=C[C@]1(C)C=C2C=C[C@@H]3[C@](C)(C(=O)O)CCC[C@@]3(C)[C@]2(O)CC1. The number of carboxylic acid groups (broad SMARTS) is 1. The van der Waals surface area contributed by atoms with Gasteiger partial charge in [-0.15, -0.1) is 6.58 Å². The molecule has 0 aromatic heterocycles. The molecule has 23 heavy (non-hydrogen) atoms. The van der Waals surface area contributed by atoms with E-state index in [1.165, 1.54) is 0 Å². The van der Waals surface area contributed by atoms with Crippen LogP contribution in [-0.4, -0.2) is 21.8 Å². The maximum Gasteiger partial charge on any atom is 0.309 e. The molecule has 3 rings (SSSR count). The predicted molar refractivity (Wildman–Crippen MR) is 90.9 cm³/mol. The van der Waals surface area contributed by atoms with Crippen LogP contribution in [0.1, 0.15) is 52.9 Å². The Balaban J connectivity index is 2.15. The molecule has 0 aliphatic heterocycles. The Hall–Kier alpha value is -1.35. The smallest absolute Gasteiger partial charge is 0.309 e. The van der Waals surface area contributed by atoms with Gasteiger partial charge >= 0.3 is 5.97 Å². The summed E-state index contributed by atoms with van der Waals surface area (Å²) in [7, 11) is 0. The molecule has 0 saturated heterocycles. The monoisotopic (exact) mass is 316 g/mol. The molecule has 0 radical (unpaired) electrons. The molecule has 0 aromatic carbocycles. The topological polar surface area (TPSA) is 57.5 Å². The van der Waals surface area contributed by atoms with Crippen LogP contribution in [0.15, 0.2) is 36.5 Å². The Bertz CT molecular complexity index is 618. The molecule has 0 amide bonds. The fourth-order valence-electron chi connectivity index (χ4n) is 5.27. The number of carboxylic acids is 1. The summed E-state index contributed by atoms with van der Waals surface area (Å²) in [5.41, 5.74) is -1.32. The average Bonchev–Trinajstić information content (AvgIpc) is 2.49. The molecule has 3 aliphatic rings. The molecule has 0 heterocycles. The normalized spacial score (nSPS) is 48.9. The highest BCUT2D eigenvalue weighted by Crippen LogP contribution is 2.63. The first kappa shape index (κ1) is 16.5. The van der Waals surface area contributed by atoms with Crippen LogP contribution in [0.2, 0.25) is 0 Å². The van der Waals surface area contributed by atoms with Crippen LogP contribution in [0, 0.1) is 22.2 Å². The second kappa shape index (κ2) is 4.83. The molecule has 1 saturated carbocycles. The minimum Gasteiger partial charge on any atom is -0.481 e. The van der Waals surface area contributed by atoms with E-state index in [-0.39, 0.29) is 11.3 Å². The molecule has 2 N–H and O–H groups in total. The number of allylic oxidation sites excluding steroid dienone is 3. The average molecular weight is 316 g/mol. The van der Waals surface area contributed by atoms with Crippen molar-refractivity contribution in [3.63, 3.8) is 0 Å². The lowest BCUT2D eigenvalue weighted by atomic mass is 9.45. The first-order valence-electron chi connectivity index (χ1n) is 8.62. The van der Waals surface area contributed by atoms with E-state index in [9.17, 15) is 15.0 Å². The highest BCUT2D eigenvalue weighted by Gasteiger charge is 2.63. The molecule has 1 fully saturated rings. The lowest BCUT2D eigenvalue weighted by Crippen LogP contribution is -2.61. The van der Waals surface area contributed by atoms with Crippen LogP contribution in [0.5, 0.6) is 0 Å². The van der Waals surface area contributed by atoms with E-state index < -0.39 is 22.4 Å². The van der Waals surface area contributed by atoms with E-state index >= 15 is 0 Å². The highest BCUT2D eigenvalue weighted by molar-refractivity contribution is 5.75. The number of hydrogen-bond donors (Lipinski definition) is 2. The second-order valence-corrected chi connectivity index (χ2v) is 8.50. The van der Waals surface area contributed by atoms with Gasteiger partial charge in [0.2, 0.25) is 0 Å². The van der Waals surface area contributed by atoms with Gasteiger partial charge in [0, 0.05) is 16.7 Å². The van der Waals surface area contributed by atoms with Crippen LogP contribution in [-0.2, 0) is 4.79 Å². The molecule has 3 heteroatoms. The Labute approximate surface area is 138 Å². The van der Waals surface area contributed by atoms with Crippen molar-refractivity contribution < 1.29 is 15.0 Å². The summed E-state index contributed by atoms with van der Waals surface area (Å²) in [4.78, 5) is 11.9. The lowest BCUT2D eigenvalue weighted by molar-refractivity contribution is -0.172. The fraction of sp³-hybridized carbons (Fsp3) is 0.650. The second-order valence-electron chi connectivity index (χ2n) is 8.50. The summed E-state index contributed by atoms with van der Waals surface area (Å²) in [6, 6.07) is 0. The van der Waals surface area contributed by atoms with E-state index in [0.717, 1.165) is 24.8 Å². The lowest BCUT2D eigenvalue weighted by Gasteiger charge is -2.60. The van der Waals surface area contributed by atoms with E-state index in [1.54, 1.807) is 0 Å². The maximum atomic E-state index is 11.9. The van der Waals surface area contributed by atoms with E-state index in [4.69, 9.17) is 0 Å². The number of aliphatic hydroxyl groups is 1. The molecule has 0 bridgehead atoms. The van der Waals surface area contributed by atoms with Gasteiger partial charge in [-0.1, -0.05) is 44.6 Å². The highest BCUT2D eigenvalue weighted by atomic mass is 16.4. The van der Waals surface area contributed by atoms with Gasteiger partial charge in [-0.3, -0.25) is 4.79 Å². The number of aliphatic carboxylic acids is 1. The Morgan fingerprint density at radius 2 is 1.96 bits per heavy atom. The van der Waals surface area contributed by atoms with E-state index in [1.807, 2.05) is 25.2 Å². The molecular weight excluding hydrogens is 288 g/mol. The van der Waals surface area contributed by atoms with Gasteiger partial charge in [0.1, 0.15) is 0 Å². The summed E-state index contributed by atoms with van der Waals surface area (Å²) in [6.45, 7) is 10.0. The van der Waals surface area contributed by atoms with Crippen molar-refractivity contribution in [2.45, 2.75) is 58.5 Å². The van der Waals surface area contributed by atoms with Crippen LogP contribution in [0.3, 0.4) is 0 Å². The van der Waals surface area contributed by atoms with Crippen LogP contribution in [0.4, 0.5) is 0 Å². The third-order valence-electron chi connectivity index (χ3n) is 7.12. The van der Waals surface area contributed by atoms with Gasteiger partial charge in [0.05, 0.1) is 11.0 Å². The Morgan fingerprint density at radius 1 is 1.26 bits per heavy atom. The van der Waals surface area contributed by atoms with Gasteiger partial charge in [0.25, 0.3) is 0 Å². The molecule has 3 nitrogen and oxygen atoms in total. The van der Waals surface area contributed by atoms with Gasteiger partial charge in [-0.05, 0) is 38.2 Å². The van der Waals surface area contributed by atoms with Crippen molar-refractivity contribution >= 4 is 5.97 Å². The zero-order valence-corrected chi connectivity index (χ0v) is 14.4. The largest absolute Gasteiger partial charge is 0.481 e. The molecule has 3 aliphatic carbocycles. The molecule has 0 spiro atoms. The third-order valence-corrected chi connectivity index (χ3v) is 7.12. The standard InChI is InChI=1S/C20H28O3/c1-5-17(2)11-12-20(23)14(13-17)7-8-15-18(3,16(21)22)9-6-10-19(15,20)4/h5,7-8,13,15,23H,1,6,9-12H2,2-4H3,(H,21,22)/t15-,17+,18-,19-,20+/m1/s1. The van der Waals surface area contributed by atoms with Gasteiger partial charge in [-0.2, -0.15) is 0 Å². The number of rotatable bonds is 2. The first-order chi connectivity index (χ1) is 10.6. The van der Waals surface area contributed by atoms with Crippen molar-refractivity contribution in [3.8, 4) is 0 Å². The van der Waals surface area contributed by atoms with Crippen molar-refractivity contribution in [2.75, 3.05) is 0 Å². The van der Waals surface area contributed by atoms with E-state index in [2.05, 4.69) is 26.5 Å². The molecule has 5 atom stereocenters. The van der Waals surface area contributed by atoms with Crippen molar-refractivity contribution in [1.29, 1.82) is 0 Å². The first-order valence-corrected chi connectivity index (χ1v) is 8.62. The number of hydrogen-bond acceptors (Lipinski definition) is 2. The quantitative estimate of drug-likeness (QED) is 0.754. The van der Waals surface area contributed by atoms with Crippen molar-refractivity contribution in [3.05, 3.63) is 36.5 Å². The maximum absolute atomic E-state index is 11.9. The van der Waals surface area contributed by atoms with Crippen molar-refractivity contribution in [1.82, 2.24) is 0 Å². The number of carbonyl (C=O) groups is 1. The summed E-state index contributed by atoms with van der Waals surface area (Å²) < 4.78 is 0. The molecule has 126 valence electrons. The summed E-state index contributed by atoms with van der Waals surface area (Å²) in [5, 5.41) is 21.4. The van der Waals surface area contributed by atoms with Gasteiger partial charge in [0.15, 0.2) is 0 Å². The molecule has 0 aromatic rings. The van der Waals surface area contributed by atoms with Crippen LogP contribution >= 0.6 is 0 Å². The summed E-state index contributed by atoms with van der Waals surface area (Å²) >= 11 is 0. The minimum absolute atomic E-state index is 0.0974. The van der Waals surface area contributed by atoms with Gasteiger partial charge in [-0.25, -0.2) is 0 Å².